The molecule has 1 saturated carbocycles. The molecule has 7 nitrogen and oxygen atoms in total. The third-order valence-electron chi connectivity index (χ3n) is 7.29. The minimum atomic E-state index is -4.54. The summed E-state index contributed by atoms with van der Waals surface area (Å²) in [4.78, 5) is 9.25. The maximum absolute atomic E-state index is 13.8. The summed E-state index contributed by atoms with van der Waals surface area (Å²) in [7, 11) is -4.10. The Kier molecular flexibility index (Phi) is 7.52. The summed E-state index contributed by atoms with van der Waals surface area (Å²) in [6, 6.07) is 9.32. The van der Waals surface area contributed by atoms with Crippen molar-refractivity contribution < 1.29 is 26.3 Å². The van der Waals surface area contributed by atoms with Gasteiger partial charge in [-0.2, -0.15) is 17.5 Å². The van der Waals surface area contributed by atoms with Gasteiger partial charge < -0.3 is 14.6 Å². The number of benzene rings is 2. The van der Waals surface area contributed by atoms with Crippen molar-refractivity contribution in [1.82, 2.24) is 14.3 Å². The molecule has 0 amide bonds. The van der Waals surface area contributed by atoms with Crippen molar-refractivity contribution in [2.75, 3.05) is 18.1 Å². The van der Waals surface area contributed by atoms with Gasteiger partial charge in [-0.1, -0.05) is 30.5 Å². The van der Waals surface area contributed by atoms with E-state index in [1.807, 2.05) is 25.1 Å². The molecule has 38 heavy (non-hydrogen) atoms. The molecule has 5 rings (SSSR count). The topological polar surface area (TPSA) is 78.5 Å². The van der Waals surface area contributed by atoms with Crippen molar-refractivity contribution >= 4 is 15.7 Å². The normalized spacial score (nSPS) is 19.5. The predicted molar refractivity (Wildman–Crippen MR) is 137 cm³/mol. The van der Waals surface area contributed by atoms with Crippen LogP contribution < -0.4 is 4.90 Å². The number of sulfonamides is 1. The molecule has 1 aromatic heterocycles. The van der Waals surface area contributed by atoms with Gasteiger partial charge >= 0.3 is 6.18 Å². The first-order valence-corrected chi connectivity index (χ1v) is 14.2. The Labute approximate surface area is 220 Å². The zero-order valence-corrected chi connectivity index (χ0v) is 21.9. The van der Waals surface area contributed by atoms with Crippen molar-refractivity contribution in [2.45, 2.75) is 68.9 Å². The highest BCUT2D eigenvalue weighted by molar-refractivity contribution is 7.89. The first kappa shape index (κ1) is 26.7. The first-order chi connectivity index (χ1) is 18.1. The molecule has 1 aliphatic carbocycles. The van der Waals surface area contributed by atoms with Crippen LogP contribution in [0, 0.1) is 6.92 Å². The predicted octanol–water partition coefficient (Wildman–Crippen LogP) is 5.28. The summed E-state index contributed by atoms with van der Waals surface area (Å²) in [6.45, 7) is 2.96. The number of hydrogen-bond donors (Lipinski definition) is 1. The van der Waals surface area contributed by atoms with Crippen LogP contribution in [0.5, 0.6) is 0 Å². The van der Waals surface area contributed by atoms with Crippen molar-refractivity contribution in [2.24, 2.45) is 0 Å². The molecule has 1 fully saturated rings. The van der Waals surface area contributed by atoms with Crippen LogP contribution in [-0.2, 0) is 34.0 Å². The lowest BCUT2D eigenvalue weighted by Crippen LogP contribution is -2.46. The number of alkyl halides is 3. The Balaban J connectivity index is 1.52. The average molecular weight is 549 g/mol. The number of fused-ring (bicyclic) bond motifs is 1. The number of H-pyrrole nitrogens is 1. The number of halogens is 3. The highest BCUT2D eigenvalue weighted by atomic mass is 32.2. The lowest BCUT2D eigenvalue weighted by molar-refractivity contribution is -0.137. The van der Waals surface area contributed by atoms with E-state index in [9.17, 15) is 21.6 Å². The van der Waals surface area contributed by atoms with Gasteiger partial charge in [-0.25, -0.2) is 13.4 Å². The van der Waals surface area contributed by atoms with Gasteiger partial charge in [-0.15, -0.1) is 0 Å². The summed E-state index contributed by atoms with van der Waals surface area (Å²) in [5.41, 5.74) is 2.69. The summed E-state index contributed by atoms with van der Waals surface area (Å²) in [6.07, 6.45) is 3.14. The molecule has 11 heteroatoms. The minimum absolute atomic E-state index is 0.0970. The summed E-state index contributed by atoms with van der Waals surface area (Å²) in [5, 5.41) is 0. The number of hydrogen-bond acceptors (Lipinski definition) is 5. The number of imidazole rings is 1. The quantitative estimate of drug-likeness (QED) is 0.435. The monoisotopic (exact) mass is 548 g/mol. The van der Waals surface area contributed by atoms with Crippen LogP contribution >= 0.6 is 0 Å². The largest absolute Gasteiger partial charge is 0.416 e. The van der Waals surface area contributed by atoms with Gasteiger partial charge in [-0.05, 0) is 55.7 Å². The second-order valence-corrected chi connectivity index (χ2v) is 12.0. The zero-order chi connectivity index (χ0) is 26.9. The SMILES string of the molecule is Cc1ccc2c(c1)CN(S(=O)(=O)c1ccc(C(F)(F)F)cc1)CC(COC1CCCC1)N2Cc1cnc[nH]1. The fraction of sp³-hybridized carbons (Fsp3) is 0.444. The van der Waals surface area contributed by atoms with Crippen LogP contribution in [0.3, 0.4) is 0 Å². The van der Waals surface area contributed by atoms with Gasteiger partial charge in [0.1, 0.15) is 0 Å². The number of rotatable bonds is 7. The molecule has 2 aromatic carbocycles. The number of nitrogens with zero attached hydrogens (tertiary/aromatic N) is 3. The number of aromatic amines is 1. The smallest absolute Gasteiger partial charge is 0.376 e. The van der Waals surface area contributed by atoms with Gasteiger partial charge in [0.25, 0.3) is 0 Å². The molecule has 1 N–H and O–H groups in total. The molecule has 2 heterocycles. The van der Waals surface area contributed by atoms with Gasteiger partial charge in [-0.3, -0.25) is 0 Å². The average Bonchev–Trinajstić information content (AvgIpc) is 3.56. The fourth-order valence-corrected chi connectivity index (χ4v) is 6.72. The van der Waals surface area contributed by atoms with Crippen molar-refractivity contribution in [3.05, 3.63) is 77.4 Å². The van der Waals surface area contributed by atoms with E-state index in [0.29, 0.717) is 13.2 Å². The van der Waals surface area contributed by atoms with Crippen LogP contribution in [0.15, 0.2) is 59.9 Å². The van der Waals surface area contributed by atoms with Crippen molar-refractivity contribution in [1.29, 1.82) is 0 Å². The Morgan fingerprint density at radius 2 is 1.84 bits per heavy atom. The number of aromatic nitrogens is 2. The number of nitrogens with one attached hydrogen (secondary N) is 1. The van der Waals surface area contributed by atoms with Crippen molar-refractivity contribution in [3.63, 3.8) is 0 Å². The summed E-state index contributed by atoms with van der Waals surface area (Å²) < 4.78 is 74.6. The van der Waals surface area contributed by atoms with E-state index in [1.165, 1.54) is 4.31 Å². The molecule has 0 spiro atoms. The molecule has 1 aliphatic heterocycles. The lowest BCUT2D eigenvalue weighted by atomic mass is 10.1. The maximum atomic E-state index is 13.8. The van der Waals surface area contributed by atoms with Gasteiger partial charge in [0, 0.05) is 25.0 Å². The third kappa shape index (κ3) is 5.74. The number of aryl methyl sites for hydroxylation is 1. The Bertz CT molecular complexity index is 1340. The zero-order valence-electron chi connectivity index (χ0n) is 21.1. The molecular weight excluding hydrogens is 517 g/mol. The summed E-state index contributed by atoms with van der Waals surface area (Å²) in [5.74, 6) is 0. The maximum Gasteiger partial charge on any atom is 0.416 e. The number of ether oxygens (including phenoxy) is 1. The van der Waals surface area contributed by atoms with Crippen LogP contribution in [0.2, 0.25) is 0 Å². The van der Waals surface area contributed by atoms with E-state index < -0.39 is 21.8 Å². The molecule has 0 saturated heterocycles. The molecule has 1 unspecified atom stereocenters. The Morgan fingerprint density at radius 1 is 1.11 bits per heavy atom. The Hall–Kier alpha value is -2.89. The Morgan fingerprint density at radius 3 is 2.50 bits per heavy atom. The molecule has 3 aromatic rings. The van der Waals surface area contributed by atoms with Crippen LogP contribution in [0.25, 0.3) is 0 Å². The van der Waals surface area contributed by atoms with E-state index in [0.717, 1.165) is 72.5 Å². The molecule has 0 radical (unpaired) electrons. The van der Waals surface area contributed by atoms with Crippen LogP contribution in [-0.4, -0.2) is 48.0 Å². The summed E-state index contributed by atoms with van der Waals surface area (Å²) >= 11 is 0. The second kappa shape index (κ2) is 10.7. The highest BCUT2D eigenvalue weighted by Crippen LogP contribution is 2.35. The van der Waals surface area contributed by atoms with E-state index >= 15 is 0 Å². The standard InChI is InChI=1S/C27H31F3N4O3S/c1-19-6-11-26-20(12-19)14-33(38(35,36)25-9-7-21(8-10-25)27(28,29)30)16-23(17-37-24-4-2-3-5-24)34(26)15-22-13-31-18-32-22/h6-13,18,23-24H,2-5,14-17H2,1H3,(H,31,32). The molecule has 204 valence electrons. The third-order valence-corrected chi connectivity index (χ3v) is 9.11. The lowest BCUT2D eigenvalue weighted by Gasteiger charge is -2.34. The van der Waals surface area contributed by atoms with E-state index in [1.54, 1.807) is 12.5 Å². The van der Waals surface area contributed by atoms with Crippen LogP contribution in [0.1, 0.15) is 48.1 Å². The van der Waals surface area contributed by atoms with Gasteiger partial charge in [0.05, 0.1) is 47.8 Å². The molecular formula is C27H31F3N4O3S. The van der Waals surface area contributed by atoms with Gasteiger partial charge in [0.15, 0.2) is 0 Å². The first-order valence-electron chi connectivity index (χ1n) is 12.7. The van der Waals surface area contributed by atoms with E-state index in [-0.39, 0.29) is 30.1 Å². The molecule has 1 atom stereocenters. The van der Waals surface area contributed by atoms with Crippen LogP contribution in [0.4, 0.5) is 18.9 Å². The molecule has 0 bridgehead atoms. The van der Waals surface area contributed by atoms with E-state index in [2.05, 4.69) is 14.9 Å². The number of anilines is 1. The highest BCUT2D eigenvalue weighted by Gasteiger charge is 2.36. The fourth-order valence-electron chi connectivity index (χ4n) is 5.27. The minimum Gasteiger partial charge on any atom is -0.376 e. The van der Waals surface area contributed by atoms with Gasteiger partial charge in [0.2, 0.25) is 10.0 Å². The van der Waals surface area contributed by atoms with E-state index in [4.69, 9.17) is 4.74 Å². The second-order valence-electron chi connectivity index (χ2n) is 10.1. The molecule has 2 aliphatic rings. The van der Waals surface area contributed by atoms with Crippen molar-refractivity contribution in [3.8, 4) is 0 Å².